The van der Waals surface area contributed by atoms with Crippen molar-refractivity contribution in [3.05, 3.63) is 33.4 Å². The number of likely N-dealkylation sites (tertiary alicyclic amines) is 1. The van der Waals surface area contributed by atoms with E-state index in [1.807, 2.05) is 0 Å². The number of amides is 2. The van der Waals surface area contributed by atoms with Crippen LogP contribution in [0.2, 0.25) is 0 Å². The van der Waals surface area contributed by atoms with Gasteiger partial charge in [-0.15, -0.1) is 0 Å². The van der Waals surface area contributed by atoms with Gasteiger partial charge in [-0.05, 0) is 50.8 Å². The van der Waals surface area contributed by atoms with Crippen molar-refractivity contribution in [1.82, 2.24) is 9.80 Å². The van der Waals surface area contributed by atoms with Crippen molar-refractivity contribution in [2.45, 2.75) is 25.7 Å². The molecule has 1 aromatic rings. The fourth-order valence-electron chi connectivity index (χ4n) is 3.96. The maximum atomic E-state index is 12.5. The summed E-state index contributed by atoms with van der Waals surface area (Å²) in [4.78, 5) is 39.0. The number of rotatable bonds is 8. The molecule has 9 heteroatoms. The second-order valence-electron chi connectivity index (χ2n) is 7.40. The third-order valence-electron chi connectivity index (χ3n) is 5.63. The lowest BCUT2D eigenvalue weighted by Gasteiger charge is -2.31. The molecule has 2 N–H and O–H groups in total. The molecule has 2 aliphatic heterocycles. The second-order valence-corrected chi connectivity index (χ2v) is 7.40. The number of imide groups is 1. The highest BCUT2D eigenvalue weighted by molar-refractivity contribution is 6.22. The van der Waals surface area contributed by atoms with Crippen LogP contribution in [0.15, 0.2) is 12.1 Å². The maximum absolute atomic E-state index is 12.5. The highest BCUT2D eigenvalue weighted by Crippen LogP contribution is 2.32. The van der Waals surface area contributed by atoms with E-state index in [1.165, 1.54) is 11.0 Å². The summed E-state index contributed by atoms with van der Waals surface area (Å²) in [6.07, 6.45) is 3.89. The molecule has 0 bridgehead atoms. The topological polar surface area (TPSA) is 119 Å². The SMILES string of the molecule is COCCN1CCC(CCCN2C(=O)c3cc(N)c([N+](=O)[O-])cc3C2=O)CC1. The number of nitro benzene ring substituents is 1. The van der Waals surface area contributed by atoms with E-state index in [0.29, 0.717) is 12.5 Å². The number of nitro groups is 1. The Morgan fingerprint density at radius 3 is 2.43 bits per heavy atom. The van der Waals surface area contributed by atoms with Crippen LogP contribution in [-0.4, -0.2) is 66.4 Å². The number of hydrogen-bond donors (Lipinski definition) is 1. The van der Waals surface area contributed by atoms with E-state index in [9.17, 15) is 19.7 Å². The lowest BCUT2D eigenvalue weighted by Crippen LogP contribution is -2.36. The highest BCUT2D eigenvalue weighted by Gasteiger charge is 2.37. The van der Waals surface area contributed by atoms with Crippen LogP contribution in [0, 0.1) is 16.0 Å². The van der Waals surface area contributed by atoms with Gasteiger partial charge in [0.1, 0.15) is 5.69 Å². The van der Waals surface area contributed by atoms with Gasteiger partial charge < -0.3 is 15.4 Å². The average molecular weight is 390 g/mol. The molecule has 1 fully saturated rings. The Morgan fingerprint density at radius 2 is 1.82 bits per heavy atom. The number of carbonyl (C=O) groups excluding carboxylic acids is 2. The summed E-state index contributed by atoms with van der Waals surface area (Å²) in [5.74, 6) is -0.306. The van der Waals surface area contributed by atoms with Crippen molar-refractivity contribution in [2.75, 3.05) is 45.6 Å². The first-order valence-electron chi connectivity index (χ1n) is 9.57. The first-order valence-corrected chi connectivity index (χ1v) is 9.57. The van der Waals surface area contributed by atoms with Gasteiger partial charge in [0.05, 0.1) is 22.7 Å². The molecule has 2 amide bonds. The zero-order chi connectivity index (χ0) is 20.3. The molecular weight excluding hydrogens is 364 g/mol. The number of methoxy groups -OCH3 is 1. The predicted octanol–water partition coefficient (Wildman–Crippen LogP) is 1.91. The number of nitrogen functional groups attached to an aromatic ring is 1. The first-order chi connectivity index (χ1) is 13.4. The molecule has 3 rings (SSSR count). The van der Waals surface area contributed by atoms with Crippen LogP contribution in [0.25, 0.3) is 0 Å². The first kappa shape index (κ1) is 20.2. The fraction of sp³-hybridized carbons (Fsp3) is 0.579. The Kier molecular flexibility index (Phi) is 6.25. The number of anilines is 1. The van der Waals surface area contributed by atoms with Crippen LogP contribution in [-0.2, 0) is 4.74 Å². The molecule has 0 radical (unpaired) electrons. The molecule has 28 heavy (non-hydrogen) atoms. The van der Waals surface area contributed by atoms with Gasteiger partial charge in [-0.1, -0.05) is 0 Å². The monoisotopic (exact) mass is 390 g/mol. The Labute approximate surface area is 163 Å². The van der Waals surface area contributed by atoms with Crippen LogP contribution in [0.5, 0.6) is 0 Å². The molecule has 0 atom stereocenters. The summed E-state index contributed by atoms with van der Waals surface area (Å²) in [5, 5.41) is 11.0. The smallest absolute Gasteiger partial charge is 0.292 e. The second kappa shape index (κ2) is 8.66. The number of hydrogen-bond acceptors (Lipinski definition) is 7. The summed E-state index contributed by atoms with van der Waals surface area (Å²) in [6, 6.07) is 2.35. The summed E-state index contributed by atoms with van der Waals surface area (Å²) >= 11 is 0. The number of fused-ring (bicyclic) bond motifs is 1. The molecule has 9 nitrogen and oxygen atoms in total. The molecule has 2 heterocycles. The molecular formula is C19H26N4O5. The van der Waals surface area contributed by atoms with Crippen LogP contribution in [0.4, 0.5) is 11.4 Å². The molecule has 0 spiro atoms. The highest BCUT2D eigenvalue weighted by atomic mass is 16.6. The van der Waals surface area contributed by atoms with Gasteiger partial charge in [-0.3, -0.25) is 24.6 Å². The predicted molar refractivity (Wildman–Crippen MR) is 103 cm³/mol. The van der Waals surface area contributed by atoms with Gasteiger partial charge in [0.25, 0.3) is 17.5 Å². The lowest BCUT2D eigenvalue weighted by molar-refractivity contribution is -0.383. The maximum Gasteiger partial charge on any atom is 0.292 e. The van der Waals surface area contributed by atoms with E-state index in [1.54, 1.807) is 7.11 Å². The standard InChI is InChI=1S/C19H26N4O5/c1-28-10-9-21-7-4-13(5-8-21)3-2-6-22-18(24)14-11-16(20)17(23(26)27)12-15(14)19(22)25/h11-13H,2-10,20H2,1H3. The summed E-state index contributed by atoms with van der Waals surface area (Å²) in [6.45, 7) is 4.11. The molecule has 2 aliphatic rings. The van der Waals surface area contributed by atoms with Crippen molar-refractivity contribution in [2.24, 2.45) is 5.92 Å². The summed E-state index contributed by atoms with van der Waals surface area (Å²) in [5.41, 5.74) is 5.42. The molecule has 0 saturated carbocycles. The Hall–Kier alpha value is -2.52. The molecule has 0 aliphatic carbocycles. The van der Waals surface area contributed by atoms with E-state index < -0.39 is 16.7 Å². The summed E-state index contributed by atoms with van der Waals surface area (Å²) in [7, 11) is 1.71. The Balaban J connectivity index is 1.53. The minimum atomic E-state index is -0.644. The van der Waals surface area contributed by atoms with Crippen molar-refractivity contribution in [1.29, 1.82) is 0 Å². The van der Waals surface area contributed by atoms with Gasteiger partial charge in [-0.2, -0.15) is 0 Å². The third-order valence-corrected chi connectivity index (χ3v) is 5.63. The minimum absolute atomic E-state index is 0.0670. The van der Waals surface area contributed by atoms with E-state index in [4.69, 9.17) is 10.5 Å². The van der Waals surface area contributed by atoms with Gasteiger partial charge in [0, 0.05) is 26.3 Å². The van der Waals surface area contributed by atoms with E-state index in [-0.39, 0.29) is 22.5 Å². The largest absolute Gasteiger partial charge is 0.393 e. The van der Waals surface area contributed by atoms with Crippen LogP contribution in [0.3, 0.4) is 0 Å². The number of nitrogens with zero attached hydrogens (tertiary/aromatic N) is 3. The zero-order valence-corrected chi connectivity index (χ0v) is 16.1. The van der Waals surface area contributed by atoms with Gasteiger partial charge in [-0.25, -0.2) is 0 Å². The van der Waals surface area contributed by atoms with Gasteiger partial charge >= 0.3 is 0 Å². The van der Waals surface area contributed by atoms with E-state index >= 15 is 0 Å². The lowest BCUT2D eigenvalue weighted by atomic mass is 9.92. The van der Waals surface area contributed by atoms with E-state index in [2.05, 4.69) is 4.90 Å². The van der Waals surface area contributed by atoms with Crippen LogP contribution < -0.4 is 5.73 Å². The van der Waals surface area contributed by atoms with Gasteiger partial charge in [0.2, 0.25) is 0 Å². The molecule has 152 valence electrons. The molecule has 1 aromatic carbocycles. The van der Waals surface area contributed by atoms with Crippen molar-refractivity contribution in [3.63, 3.8) is 0 Å². The van der Waals surface area contributed by atoms with Crippen LogP contribution >= 0.6 is 0 Å². The average Bonchev–Trinajstić information content (AvgIpc) is 2.90. The number of ether oxygens (including phenoxy) is 1. The Morgan fingerprint density at radius 1 is 1.18 bits per heavy atom. The van der Waals surface area contributed by atoms with Gasteiger partial charge in [0.15, 0.2) is 0 Å². The minimum Gasteiger partial charge on any atom is -0.393 e. The van der Waals surface area contributed by atoms with Crippen LogP contribution in [0.1, 0.15) is 46.4 Å². The van der Waals surface area contributed by atoms with Crippen molar-refractivity contribution < 1.29 is 19.2 Å². The summed E-state index contributed by atoms with van der Waals surface area (Å²) < 4.78 is 5.11. The third kappa shape index (κ3) is 4.15. The number of carbonyl (C=O) groups is 2. The van der Waals surface area contributed by atoms with E-state index in [0.717, 1.165) is 58.0 Å². The number of nitrogens with two attached hydrogens (primary N) is 1. The Bertz CT molecular complexity index is 774. The fourth-order valence-corrected chi connectivity index (χ4v) is 3.96. The zero-order valence-electron chi connectivity index (χ0n) is 16.1. The molecule has 1 saturated heterocycles. The number of piperidine rings is 1. The normalized spacial score (nSPS) is 18.0. The van der Waals surface area contributed by atoms with Crippen molar-refractivity contribution in [3.8, 4) is 0 Å². The van der Waals surface area contributed by atoms with Crippen molar-refractivity contribution >= 4 is 23.2 Å². The quantitative estimate of drug-likeness (QED) is 0.312. The molecule has 0 unspecified atom stereocenters. The number of benzene rings is 1. The molecule has 0 aromatic heterocycles.